The molecule has 1 atom stereocenters. The fourth-order valence-corrected chi connectivity index (χ4v) is 1.97. The fourth-order valence-electron chi connectivity index (χ4n) is 1.97. The van der Waals surface area contributed by atoms with Gasteiger partial charge in [0, 0.05) is 11.5 Å². The molecule has 0 aliphatic carbocycles. The van der Waals surface area contributed by atoms with Crippen LogP contribution >= 0.6 is 0 Å². The predicted molar refractivity (Wildman–Crippen MR) is 74.3 cm³/mol. The molecular weight excluding hydrogens is 224 g/mol. The molecule has 2 aromatic rings. The molecule has 0 fully saturated rings. The SMILES string of the molecule is CCC(C)C(=O)c1ccc2cc(OC)ccc2c1. The van der Waals surface area contributed by atoms with Gasteiger partial charge in [-0.2, -0.15) is 0 Å². The van der Waals surface area contributed by atoms with E-state index in [4.69, 9.17) is 4.74 Å². The number of rotatable bonds is 4. The second-order valence-electron chi connectivity index (χ2n) is 4.60. The Morgan fingerprint density at radius 2 is 1.83 bits per heavy atom. The van der Waals surface area contributed by atoms with Gasteiger partial charge in [0.2, 0.25) is 0 Å². The molecule has 2 rings (SSSR count). The summed E-state index contributed by atoms with van der Waals surface area (Å²) in [6.45, 7) is 4.01. The van der Waals surface area contributed by atoms with Gasteiger partial charge in [-0.1, -0.05) is 32.0 Å². The zero-order valence-corrected chi connectivity index (χ0v) is 11.1. The molecule has 0 heterocycles. The van der Waals surface area contributed by atoms with Crippen molar-refractivity contribution in [1.29, 1.82) is 0 Å². The van der Waals surface area contributed by atoms with E-state index in [1.165, 1.54) is 0 Å². The summed E-state index contributed by atoms with van der Waals surface area (Å²) in [6.07, 6.45) is 0.874. The van der Waals surface area contributed by atoms with Crippen molar-refractivity contribution in [2.45, 2.75) is 20.3 Å². The first kappa shape index (κ1) is 12.6. The van der Waals surface area contributed by atoms with Gasteiger partial charge < -0.3 is 4.74 Å². The monoisotopic (exact) mass is 242 g/mol. The average Bonchev–Trinajstić information content (AvgIpc) is 2.44. The normalized spacial score (nSPS) is 12.4. The molecule has 0 aliphatic heterocycles. The highest BCUT2D eigenvalue weighted by molar-refractivity contribution is 6.01. The number of hydrogen-bond acceptors (Lipinski definition) is 2. The summed E-state index contributed by atoms with van der Waals surface area (Å²) in [7, 11) is 1.65. The van der Waals surface area contributed by atoms with E-state index in [9.17, 15) is 4.79 Å². The van der Waals surface area contributed by atoms with E-state index in [0.717, 1.165) is 28.5 Å². The van der Waals surface area contributed by atoms with E-state index in [-0.39, 0.29) is 11.7 Å². The average molecular weight is 242 g/mol. The minimum atomic E-state index is 0.0840. The van der Waals surface area contributed by atoms with Crippen LogP contribution in [-0.2, 0) is 0 Å². The van der Waals surface area contributed by atoms with Gasteiger partial charge in [0.25, 0.3) is 0 Å². The molecule has 0 amide bonds. The molecule has 2 aromatic carbocycles. The molecule has 0 saturated heterocycles. The minimum absolute atomic E-state index is 0.0840. The van der Waals surface area contributed by atoms with Gasteiger partial charge in [-0.3, -0.25) is 4.79 Å². The van der Waals surface area contributed by atoms with Gasteiger partial charge in [-0.05, 0) is 35.4 Å². The minimum Gasteiger partial charge on any atom is -0.497 e. The van der Waals surface area contributed by atoms with Gasteiger partial charge >= 0.3 is 0 Å². The lowest BCUT2D eigenvalue weighted by molar-refractivity contribution is 0.0927. The van der Waals surface area contributed by atoms with Crippen LogP contribution in [0.2, 0.25) is 0 Å². The highest BCUT2D eigenvalue weighted by atomic mass is 16.5. The molecule has 0 aromatic heterocycles. The topological polar surface area (TPSA) is 26.3 Å². The fraction of sp³-hybridized carbons (Fsp3) is 0.312. The molecule has 0 aliphatic rings. The van der Waals surface area contributed by atoms with E-state index in [2.05, 4.69) is 0 Å². The lowest BCUT2D eigenvalue weighted by Gasteiger charge is -2.09. The lowest BCUT2D eigenvalue weighted by Crippen LogP contribution is -2.09. The maximum Gasteiger partial charge on any atom is 0.165 e. The second-order valence-corrected chi connectivity index (χ2v) is 4.60. The maximum absolute atomic E-state index is 12.1. The van der Waals surface area contributed by atoms with Crippen LogP contribution in [0.5, 0.6) is 5.75 Å². The third-order valence-corrected chi connectivity index (χ3v) is 3.39. The molecule has 2 heteroatoms. The molecular formula is C16H18O2. The Labute approximate surface area is 108 Å². The van der Waals surface area contributed by atoms with E-state index in [1.807, 2.05) is 50.2 Å². The molecule has 0 bridgehead atoms. The number of ketones is 1. The van der Waals surface area contributed by atoms with Gasteiger partial charge in [-0.25, -0.2) is 0 Å². The van der Waals surface area contributed by atoms with Crippen LogP contribution in [-0.4, -0.2) is 12.9 Å². The third kappa shape index (κ3) is 2.37. The summed E-state index contributed by atoms with van der Waals surface area (Å²) in [5.41, 5.74) is 0.794. The number of fused-ring (bicyclic) bond motifs is 1. The van der Waals surface area contributed by atoms with E-state index < -0.39 is 0 Å². The summed E-state index contributed by atoms with van der Waals surface area (Å²) in [6, 6.07) is 11.7. The second kappa shape index (κ2) is 5.21. The Morgan fingerprint density at radius 1 is 1.17 bits per heavy atom. The van der Waals surface area contributed by atoms with Crippen molar-refractivity contribution in [3.8, 4) is 5.75 Å². The van der Waals surface area contributed by atoms with Crippen molar-refractivity contribution in [2.75, 3.05) is 7.11 Å². The Morgan fingerprint density at radius 3 is 2.50 bits per heavy atom. The van der Waals surface area contributed by atoms with Crippen molar-refractivity contribution in [3.63, 3.8) is 0 Å². The summed E-state index contributed by atoms with van der Waals surface area (Å²) in [5, 5.41) is 2.17. The van der Waals surface area contributed by atoms with E-state index >= 15 is 0 Å². The molecule has 0 N–H and O–H groups in total. The van der Waals surface area contributed by atoms with Crippen molar-refractivity contribution in [1.82, 2.24) is 0 Å². The van der Waals surface area contributed by atoms with E-state index in [1.54, 1.807) is 7.11 Å². The molecule has 18 heavy (non-hydrogen) atoms. The first-order chi connectivity index (χ1) is 8.65. The summed E-state index contributed by atoms with van der Waals surface area (Å²) < 4.78 is 5.19. The lowest BCUT2D eigenvalue weighted by atomic mass is 9.95. The molecule has 94 valence electrons. The highest BCUT2D eigenvalue weighted by Gasteiger charge is 2.13. The Bertz CT molecular complexity index is 572. The standard InChI is InChI=1S/C16H18O2/c1-4-11(2)16(17)14-6-5-13-10-15(18-3)8-7-12(13)9-14/h5-11H,4H2,1-3H3. The van der Waals surface area contributed by atoms with Gasteiger partial charge in [0.05, 0.1) is 7.11 Å². The van der Waals surface area contributed by atoms with Crippen LogP contribution in [0.4, 0.5) is 0 Å². The summed E-state index contributed by atoms with van der Waals surface area (Å²) in [5.74, 6) is 1.14. The van der Waals surface area contributed by atoms with Crippen molar-refractivity contribution >= 4 is 16.6 Å². The van der Waals surface area contributed by atoms with Crippen LogP contribution in [0.3, 0.4) is 0 Å². The van der Waals surface area contributed by atoms with Crippen molar-refractivity contribution in [3.05, 3.63) is 42.0 Å². The van der Waals surface area contributed by atoms with Gasteiger partial charge in [-0.15, -0.1) is 0 Å². The Hall–Kier alpha value is -1.83. The predicted octanol–water partition coefficient (Wildman–Crippen LogP) is 4.08. The highest BCUT2D eigenvalue weighted by Crippen LogP contribution is 2.23. The Balaban J connectivity index is 2.42. The number of methoxy groups -OCH3 is 1. The number of ether oxygens (including phenoxy) is 1. The quantitative estimate of drug-likeness (QED) is 0.755. The number of carbonyl (C=O) groups excluding carboxylic acids is 1. The molecule has 1 unspecified atom stereocenters. The van der Waals surface area contributed by atoms with Crippen molar-refractivity contribution < 1.29 is 9.53 Å². The van der Waals surface area contributed by atoms with Gasteiger partial charge in [0.1, 0.15) is 5.75 Å². The van der Waals surface area contributed by atoms with Crippen LogP contribution in [0.15, 0.2) is 36.4 Å². The largest absolute Gasteiger partial charge is 0.497 e. The molecule has 2 nitrogen and oxygen atoms in total. The summed E-state index contributed by atoms with van der Waals surface area (Å²) >= 11 is 0. The molecule has 0 spiro atoms. The van der Waals surface area contributed by atoms with Crippen LogP contribution in [0.25, 0.3) is 10.8 Å². The van der Waals surface area contributed by atoms with Gasteiger partial charge in [0.15, 0.2) is 5.78 Å². The number of benzene rings is 2. The van der Waals surface area contributed by atoms with Crippen LogP contribution < -0.4 is 4.74 Å². The smallest absolute Gasteiger partial charge is 0.165 e. The number of Topliss-reactive ketones (excluding diaryl/α,β-unsaturated/α-hetero) is 1. The summed E-state index contributed by atoms with van der Waals surface area (Å²) in [4.78, 5) is 12.1. The van der Waals surface area contributed by atoms with E-state index in [0.29, 0.717) is 0 Å². The zero-order valence-electron chi connectivity index (χ0n) is 11.1. The van der Waals surface area contributed by atoms with Crippen molar-refractivity contribution in [2.24, 2.45) is 5.92 Å². The maximum atomic E-state index is 12.1. The number of carbonyl (C=O) groups is 1. The molecule has 0 saturated carbocycles. The number of hydrogen-bond donors (Lipinski definition) is 0. The third-order valence-electron chi connectivity index (χ3n) is 3.39. The zero-order chi connectivity index (χ0) is 13.1. The first-order valence-corrected chi connectivity index (χ1v) is 6.27. The van der Waals surface area contributed by atoms with Crippen LogP contribution in [0.1, 0.15) is 30.6 Å². The first-order valence-electron chi connectivity index (χ1n) is 6.27. The Kier molecular flexibility index (Phi) is 3.66. The molecule has 0 radical (unpaired) electrons. The van der Waals surface area contributed by atoms with Crippen LogP contribution in [0, 0.1) is 5.92 Å².